The van der Waals surface area contributed by atoms with E-state index < -0.39 is 5.92 Å². The largest absolute Gasteiger partial charge is 0.325 e. The topological polar surface area (TPSA) is 32.3 Å². The van der Waals surface area contributed by atoms with Gasteiger partial charge in [0.1, 0.15) is 0 Å². The maximum atomic E-state index is 12.6. The highest BCUT2D eigenvalue weighted by Gasteiger charge is 2.44. The minimum atomic E-state index is -2.65. The van der Waals surface area contributed by atoms with E-state index in [2.05, 4.69) is 5.32 Å². The summed E-state index contributed by atoms with van der Waals surface area (Å²) < 4.78 is 25.2. The molecule has 1 aliphatic rings. The molecule has 1 N–H and O–H groups in total. The van der Waals surface area contributed by atoms with Crippen LogP contribution in [0, 0.1) is 6.92 Å². The Morgan fingerprint density at radius 1 is 1.50 bits per heavy atom. The number of carbonyl (C=O) groups is 1. The van der Waals surface area contributed by atoms with Crippen molar-refractivity contribution in [3.63, 3.8) is 0 Å². The van der Waals surface area contributed by atoms with Gasteiger partial charge >= 0.3 is 0 Å². The summed E-state index contributed by atoms with van der Waals surface area (Å²) in [5.74, 6) is -2.96. The van der Waals surface area contributed by atoms with Crippen LogP contribution in [0.5, 0.6) is 0 Å². The van der Waals surface area contributed by atoms with Crippen LogP contribution in [-0.4, -0.2) is 36.4 Å². The Morgan fingerprint density at radius 2 is 2.17 bits per heavy atom. The third kappa shape index (κ3) is 2.97. The van der Waals surface area contributed by atoms with E-state index in [1.807, 2.05) is 0 Å². The number of nitrogens with one attached hydrogen (secondary N) is 1. The van der Waals surface area contributed by atoms with Gasteiger partial charge in [-0.05, 0) is 24.6 Å². The van der Waals surface area contributed by atoms with Crippen molar-refractivity contribution in [2.75, 3.05) is 25.0 Å². The molecule has 0 aliphatic carbocycles. The molecular weight excluding hydrogens is 262 g/mol. The van der Waals surface area contributed by atoms with E-state index in [1.165, 1.54) is 4.90 Å². The van der Waals surface area contributed by atoms with Crippen molar-refractivity contribution in [1.82, 2.24) is 4.90 Å². The molecule has 3 nitrogen and oxygen atoms in total. The van der Waals surface area contributed by atoms with Gasteiger partial charge in [-0.1, -0.05) is 17.7 Å². The third-order valence-electron chi connectivity index (χ3n) is 2.82. The summed E-state index contributed by atoms with van der Waals surface area (Å²) >= 11 is 5.92. The van der Waals surface area contributed by atoms with Gasteiger partial charge in [-0.3, -0.25) is 9.69 Å². The molecule has 1 saturated heterocycles. The molecule has 1 heterocycles. The van der Waals surface area contributed by atoms with Crippen molar-refractivity contribution in [2.45, 2.75) is 12.8 Å². The van der Waals surface area contributed by atoms with Crippen molar-refractivity contribution in [3.05, 3.63) is 28.8 Å². The van der Waals surface area contributed by atoms with E-state index in [0.29, 0.717) is 10.7 Å². The molecule has 0 spiro atoms. The average Bonchev–Trinajstić information content (AvgIpc) is 2.22. The molecule has 1 amide bonds. The average molecular weight is 275 g/mol. The number of alkyl halides is 2. The first-order valence-corrected chi connectivity index (χ1v) is 5.90. The first kappa shape index (κ1) is 13.2. The molecule has 1 fully saturated rings. The van der Waals surface area contributed by atoms with E-state index in [9.17, 15) is 13.6 Å². The second kappa shape index (κ2) is 4.82. The van der Waals surface area contributed by atoms with Gasteiger partial charge < -0.3 is 5.32 Å². The van der Waals surface area contributed by atoms with Crippen molar-refractivity contribution in [1.29, 1.82) is 0 Å². The van der Waals surface area contributed by atoms with Gasteiger partial charge in [-0.15, -0.1) is 0 Å². The number of likely N-dealkylation sites (tertiary alicyclic amines) is 1. The maximum absolute atomic E-state index is 12.6. The lowest BCUT2D eigenvalue weighted by atomic mass is 10.1. The second-order valence-corrected chi connectivity index (χ2v) is 4.87. The van der Waals surface area contributed by atoms with Crippen LogP contribution in [-0.2, 0) is 4.79 Å². The summed E-state index contributed by atoms with van der Waals surface area (Å²) in [5, 5.41) is 3.23. The lowest BCUT2D eigenvalue weighted by Crippen LogP contribution is -2.57. The molecule has 1 aromatic rings. The monoisotopic (exact) mass is 274 g/mol. The van der Waals surface area contributed by atoms with Crippen molar-refractivity contribution < 1.29 is 13.6 Å². The Morgan fingerprint density at radius 3 is 2.78 bits per heavy atom. The molecule has 6 heteroatoms. The molecule has 0 atom stereocenters. The standard InChI is InChI=1S/C12H13ClF2N2O/c1-8-9(13)3-2-4-10(8)16-11(18)5-17-6-12(14,15)7-17/h2-4H,5-7H2,1H3,(H,16,18). The van der Waals surface area contributed by atoms with Crippen LogP contribution < -0.4 is 5.32 Å². The summed E-state index contributed by atoms with van der Waals surface area (Å²) in [6, 6.07) is 5.18. The SMILES string of the molecule is Cc1c(Cl)cccc1NC(=O)CN1CC(F)(F)C1. The van der Waals surface area contributed by atoms with Crippen LogP contribution in [0.2, 0.25) is 5.02 Å². The zero-order valence-corrected chi connectivity index (χ0v) is 10.6. The lowest BCUT2D eigenvalue weighted by Gasteiger charge is -2.38. The highest BCUT2D eigenvalue weighted by atomic mass is 35.5. The fourth-order valence-electron chi connectivity index (χ4n) is 1.86. The fraction of sp³-hybridized carbons (Fsp3) is 0.417. The van der Waals surface area contributed by atoms with E-state index >= 15 is 0 Å². The van der Waals surface area contributed by atoms with Gasteiger partial charge in [0.15, 0.2) is 0 Å². The minimum absolute atomic E-state index is 0.0262. The van der Waals surface area contributed by atoms with Gasteiger partial charge in [0.25, 0.3) is 5.92 Å². The van der Waals surface area contributed by atoms with Crippen LogP contribution in [0.15, 0.2) is 18.2 Å². The highest BCUT2D eigenvalue weighted by Crippen LogP contribution is 2.26. The Bertz CT molecular complexity index is 471. The van der Waals surface area contributed by atoms with E-state index in [0.717, 1.165) is 5.56 Å². The van der Waals surface area contributed by atoms with E-state index in [4.69, 9.17) is 11.6 Å². The lowest BCUT2D eigenvalue weighted by molar-refractivity contribution is -0.141. The van der Waals surface area contributed by atoms with Gasteiger partial charge in [0.2, 0.25) is 5.91 Å². The van der Waals surface area contributed by atoms with Crippen molar-refractivity contribution >= 4 is 23.2 Å². The molecule has 0 unspecified atom stereocenters. The van der Waals surface area contributed by atoms with Gasteiger partial charge in [0, 0.05) is 10.7 Å². The number of anilines is 1. The fourth-order valence-corrected chi connectivity index (χ4v) is 2.03. The number of rotatable bonds is 3. The third-order valence-corrected chi connectivity index (χ3v) is 3.23. The van der Waals surface area contributed by atoms with Gasteiger partial charge in [0.05, 0.1) is 19.6 Å². The molecule has 18 heavy (non-hydrogen) atoms. The molecule has 0 saturated carbocycles. The predicted octanol–water partition coefficient (Wildman–Crippen LogP) is 2.54. The number of hydrogen-bond acceptors (Lipinski definition) is 2. The smallest absolute Gasteiger partial charge is 0.272 e. The summed E-state index contributed by atoms with van der Waals surface area (Å²) in [7, 11) is 0. The molecule has 0 radical (unpaired) electrons. The first-order chi connectivity index (χ1) is 8.37. The van der Waals surface area contributed by atoms with E-state index in [1.54, 1.807) is 25.1 Å². The normalized spacial score (nSPS) is 18.2. The van der Waals surface area contributed by atoms with Crippen LogP contribution in [0.3, 0.4) is 0 Å². The molecule has 2 rings (SSSR count). The van der Waals surface area contributed by atoms with Crippen molar-refractivity contribution in [2.24, 2.45) is 0 Å². The molecular formula is C12H13ClF2N2O. The first-order valence-electron chi connectivity index (χ1n) is 5.52. The summed E-state index contributed by atoms with van der Waals surface area (Å²) in [6.07, 6.45) is 0. The molecule has 98 valence electrons. The molecule has 1 aliphatic heterocycles. The summed E-state index contributed by atoms with van der Waals surface area (Å²) in [6.45, 7) is 1.06. The van der Waals surface area contributed by atoms with Crippen LogP contribution in [0.4, 0.5) is 14.5 Å². The zero-order valence-electron chi connectivity index (χ0n) is 9.84. The molecule has 1 aromatic carbocycles. The molecule has 0 bridgehead atoms. The van der Waals surface area contributed by atoms with Gasteiger partial charge in [-0.25, -0.2) is 8.78 Å². The second-order valence-electron chi connectivity index (χ2n) is 4.46. The quantitative estimate of drug-likeness (QED) is 0.919. The number of carbonyl (C=O) groups excluding carboxylic acids is 1. The van der Waals surface area contributed by atoms with E-state index in [-0.39, 0.29) is 25.5 Å². The minimum Gasteiger partial charge on any atom is -0.325 e. The zero-order chi connectivity index (χ0) is 13.3. The Kier molecular flexibility index (Phi) is 3.54. The summed E-state index contributed by atoms with van der Waals surface area (Å²) in [5.41, 5.74) is 1.38. The van der Waals surface area contributed by atoms with Gasteiger partial charge in [-0.2, -0.15) is 0 Å². The molecule has 0 aromatic heterocycles. The number of hydrogen-bond donors (Lipinski definition) is 1. The van der Waals surface area contributed by atoms with Crippen LogP contribution in [0.1, 0.15) is 5.56 Å². The highest BCUT2D eigenvalue weighted by molar-refractivity contribution is 6.31. The Balaban J connectivity index is 1.90. The van der Waals surface area contributed by atoms with Crippen molar-refractivity contribution in [3.8, 4) is 0 Å². The predicted molar refractivity (Wildman–Crippen MR) is 66.2 cm³/mol. The van der Waals surface area contributed by atoms with Crippen LogP contribution >= 0.6 is 11.6 Å². The number of benzene rings is 1. The number of amides is 1. The summed E-state index contributed by atoms with van der Waals surface area (Å²) in [4.78, 5) is 13.0. The Labute approximate surface area is 109 Å². The number of halogens is 3. The maximum Gasteiger partial charge on any atom is 0.272 e. The Hall–Kier alpha value is -1.20. The van der Waals surface area contributed by atoms with Crippen LogP contribution in [0.25, 0.3) is 0 Å². The number of nitrogens with zero attached hydrogens (tertiary/aromatic N) is 1.